The summed E-state index contributed by atoms with van der Waals surface area (Å²) in [5.74, 6) is 0.391. The van der Waals surface area contributed by atoms with Crippen LogP contribution < -0.4 is 5.32 Å². The minimum absolute atomic E-state index is 0. The van der Waals surface area contributed by atoms with Gasteiger partial charge in [-0.05, 0) is 31.9 Å². The first kappa shape index (κ1) is 16.8. The second-order valence-corrected chi connectivity index (χ2v) is 5.76. The number of furan rings is 1. The number of halogens is 1. The third kappa shape index (κ3) is 3.81. The lowest BCUT2D eigenvalue weighted by atomic mass is 10.2. The molecule has 1 aromatic rings. The van der Waals surface area contributed by atoms with Crippen LogP contribution in [0.2, 0.25) is 0 Å². The third-order valence-corrected chi connectivity index (χ3v) is 4.04. The van der Waals surface area contributed by atoms with Gasteiger partial charge in [-0.15, -0.1) is 12.4 Å². The Kier molecular flexibility index (Phi) is 5.47. The molecule has 1 unspecified atom stereocenters. The lowest BCUT2D eigenvalue weighted by Crippen LogP contribution is -2.54. The van der Waals surface area contributed by atoms with Crippen LogP contribution >= 0.6 is 12.4 Å². The van der Waals surface area contributed by atoms with E-state index in [1.807, 2.05) is 11.8 Å². The van der Waals surface area contributed by atoms with E-state index in [0.29, 0.717) is 38.0 Å². The predicted molar refractivity (Wildman–Crippen MR) is 84.1 cm³/mol. The first-order valence-corrected chi connectivity index (χ1v) is 7.53. The van der Waals surface area contributed by atoms with E-state index < -0.39 is 0 Å². The van der Waals surface area contributed by atoms with Gasteiger partial charge >= 0.3 is 0 Å². The fourth-order valence-corrected chi connectivity index (χ4v) is 2.63. The summed E-state index contributed by atoms with van der Waals surface area (Å²) in [5, 5.41) is 3.32. The summed E-state index contributed by atoms with van der Waals surface area (Å²) < 4.78 is 5.13. The Morgan fingerprint density at radius 3 is 2.41 bits per heavy atom. The zero-order valence-electron chi connectivity index (χ0n) is 12.7. The Bertz CT molecular complexity index is 508. The normalized spacial score (nSPS) is 19.5. The number of nitrogens with one attached hydrogen (secondary N) is 1. The van der Waals surface area contributed by atoms with E-state index in [-0.39, 0.29) is 30.3 Å². The van der Waals surface area contributed by atoms with Gasteiger partial charge in [0.05, 0.1) is 12.3 Å². The molecule has 1 atom stereocenters. The highest BCUT2D eigenvalue weighted by Gasteiger charge is 2.31. The number of hydrogen-bond acceptors (Lipinski definition) is 4. The molecule has 1 aliphatic heterocycles. The molecule has 0 aromatic carbocycles. The minimum Gasteiger partial charge on any atom is -0.459 e. The van der Waals surface area contributed by atoms with Gasteiger partial charge in [0.15, 0.2) is 5.76 Å². The Balaban J connectivity index is 0.00000176. The molecule has 122 valence electrons. The van der Waals surface area contributed by atoms with E-state index in [1.165, 1.54) is 19.1 Å². The zero-order valence-corrected chi connectivity index (χ0v) is 13.5. The van der Waals surface area contributed by atoms with Gasteiger partial charge in [0.25, 0.3) is 5.91 Å². The topological polar surface area (TPSA) is 65.8 Å². The standard InChI is InChI=1S/C15H21N3O3.ClH/c1-11(16-12-4-5-12)14(19)17-6-8-18(9-7-17)15(20)13-3-2-10-21-13;/h2-3,10-12,16H,4-9H2,1H3;1H. The molecule has 0 radical (unpaired) electrons. The molecule has 1 aliphatic carbocycles. The second-order valence-electron chi connectivity index (χ2n) is 5.76. The first-order valence-electron chi connectivity index (χ1n) is 7.53. The Morgan fingerprint density at radius 1 is 1.23 bits per heavy atom. The molecule has 1 saturated heterocycles. The molecule has 7 heteroatoms. The van der Waals surface area contributed by atoms with Gasteiger partial charge < -0.3 is 19.5 Å². The van der Waals surface area contributed by atoms with Crippen LogP contribution in [0.15, 0.2) is 22.8 Å². The molecule has 6 nitrogen and oxygen atoms in total. The summed E-state index contributed by atoms with van der Waals surface area (Å²) in [6.07, 6.45) is 3.84. The molecule has 2 fully saturated rings. The van der Waals surface area contributed by atoms with Crippen molar-refractivity contribution >= 4 is 24.2 Å². The first-order chi connectivity index (χ1) is 10.1. The van der Waals surface area contributed by atoms with Gasteiger partial charge in [0.1, 0.15) is 0 Å². The third-order valence-electron chi connectivity index (χ3n) is 4.04. The van der Waals surface area contributed by atoms with Gasteiger partial charge in [-0.3, -0.25) is 9.59 Å². The van der Waals surface area contributed by atoms with Crippen molar-refractivity contribution in [1.29, 1.82) is 0 Å². The molecular formula is C15H22ClN3O3. The molecule has 1 aromatic heterocycles. The fraction of sp³-hybridized carbons (Fsp3) is 0.600. The molecule has 2 heterocycles. The molecule has 3 rings (SSSR count). The van der Waals surface area contributed by atoms with Gasteiger partial charge in [-0.25, -0.2) is 0 Å². The molecule has 0 spiro atoms. The highest BCUT2D eigenvalue weighted by atomic mass is 35.5. The maximum Gasteiger partial charge on any atom is 0.289 e. The number of nitrogens with zero attached hydrogens (tertiary/aromatic N) is 2. The van der Waals surface area contributed by atoms with Crippen molar-refractivity contribution in [3.05, 3.63) is 24.2 Å². The van der Waals surface area contributed by atoms with Crippen molar-refractivity contribution in [1.82, 2.24) is 15.1 Å². The average molecular weight is 328 g/mol. The quantitative estimate of drug-likeness (QED) is 0.900. The molecular weight excluding hydrogens is 306 g/mol. The maximum atomic E-state index is 12.3. The highest BCUT2D eigenvalue weighted by molar-refractivity contribution is 5.91. The number of carbonyl (C=O) groups excluding carboxylic acids is 2. The van der Waals surface area contributed by atoms with E-state index in [2.05, 4.69) is 5.32 Å². The van der Waals surface area contributed by atoms with Crippen molar-refractivity contribution in [2.75, 3.05) is 26.2 Å². The van der Waals surface area contributed by atoms with Gasteiger partial charge in [-0.1, -0.05) is 0 Å². The van der Waals surface area contributed by atoms with Crippen LogP contribution in [-0.4, -0.2) is 59.9 Å². The summed E-state index contributed by atoms with van der Waals surface area (Å²) >= 11 is 0. The number of piperazine rings is 1. The lowest BCUT2D eigenvalue weighted by molar-refractivity contribution is -0.134. The van der Waals surface area contributed by atoms with Crippen LogP contribution in [0.25, 0.3) is 0 Å². The Hall–Kier alpha value is -1.53. The van der Waals surface area contributed by atoms with Crippen molar-refractivity contribution in [3.8, 4) is 0 Å². The molecule has 2 aliphatic rings. The van der Waals surface area contributed by atoms with E-state index in [0.717, 1.165) is 0 Å². The number of hydrogen-bond donors (Lipinski definition) is 1. The summed E-state index contributed by atoms with van der Waals surface area (Å²) in [5.41, 5.74) is 0. The molecule has 22 heavy (non-hydrogen) atoms. The summed E-state index contributed by atoms with van der Waals surface area (Å²) in [6, 6.07) is 3.76. The van der Waals surface area contributed by atoms with E-state index in [4.69, 9.17) is 4.42 Å². The Morgan fingerprint density at radius 2 is 1.86 bits per heavy atom. The van der Waals surface area contributed by atoms with E-state index in [1.54, 1.807) is 17.0 Å². The number of amides is 2. The second kappa shape index (κ2) is 7.15. The fourth-order valence-electron chi connectivity index (χ4n) is 2.63. The molecule has 0 bridgehead atoms. The minimum atomic E-state index is -0.134. The highest BCUT2D eigenvalue weighted by Crippen LogP contribution is 2.20. The van der Waals surface area contributed by atoms with Crippen LogP contribution in [0.4, 0.5) is 0 Å². The maximum absolute atomic E-state index is 12.3. The number of rotatable bonds is 4. The van der Waals surface area contributed by atoms with Crippen molar-refractivity contribution < 1.29 is 14.0 Å². The van der Waals surface area contributed by atoms with Gasteiger partial charge in [0, 0.05) is 32.2 Å². The average Bonchev–Trinajstić information content (AvgIpc) is 3.15. The monoisotopic (exact) mass is 327 g/mol. The van der Waals surface area contributed by atoms with Crippen LogP contribution in [0.3, 0.4) is 0 Å². The van der Waals surface area contributed by atoms with Crippen molar-refractivity contribution in [2.45, 2.75) is 31.8 Å². The lowest BCUT2D eigenvalue weighted by Gasteiger charge is -2.35. The largest absolute Gasteiger partial charge is 0.459 e. The van der Waals surface area contributed by atoms with Crippen LogP contribution in [-0.2, 0) is 4.79 Å². The van der Waals surface area contributed by atoms with Crippen molar-refractivity contribution in [2.24, 2.45) is 0 Å². The summed E-state index contributed by atoms with van der Waals surface area (Å²) in [7, 11) is 0. The molecule has 1 saturated carbocycles. The summed E-state index contributed by atoms with van der Waals surface area (Å²) in [6.45, 7) is 4.20. The smallest absolute Gasteiger partial charge is 0.289 e. The van der Waals surface area contributed by atoms with E-state index in [9.17, 15) is 9.59 Å². The summed E-state index contributed by atoms with van der Waals surface area (Å²) in [4.78, 5) is 28.0. The van der Waals surface area contributed by atoms with Crippen LogP contribution in [0.5, 0.6) is 0 Å². The predicted octanol–water partition coefficient (Wildman–Crippen LogP) is 1.13. The van der Waals surface area contributed by atoms with Crippen LogP contribution in [0.1, 0.15) is 30.3 Å². The van der Waals surface area contributed by atoms with E-state index >= 15 is 0 Å². The SMILES string of the molecule is CC(NC1CC1)C(=O)N1CCN(C(=O)c2ccco2)CC1.Cl. The van der Waals surface area contributed by atoms with Gasteiger partial charge in [-0.2, -0.15) is 0 Å². The van der Waals surface area contributed by atoms with Gasteiger partial charge in [0.2, 0.25) is 5.91 Å². The Labute approximate surface area is 136 Å². The van der Waals surface area contributed by atoms with Crippen LogP contribution in [0, 0.1) is 0 Å². The molecule has 1 N–H and O–H groups in total. The molecule has 2 amide bonds. The zero-order chi connectivity index (χ0) is 14.8. The number of carbonyl (C=O) groups is 2. The van der Waals surface area contributed by atoms with Crippen molar-refractivity contribution in [3.63, 3.8) is 0 Å².